The van der Waals surface area contributed by atoms with Crippen molar-refractivity contribution in [3.63, 3.8) is 0 Å². The monoisotopic (exact) mass is 405 g/mol. The zero-order valence-electron chi connectivity index (χ0n) is 17.7. The lowest BCUT2D eigenvalue weighted by atomic mass is 9.80. The zero-order valence-corrected chi connectivity index (χ0v) is 17.7. The van der Waals surface area contributed by atoms with Crippen molar-refractivity contribution in [1.29, 1.82) is 0 Å². The first-order valence-corrected chi connectivity index (χ1v) is 10.8. The van der Waals surface area contributed by atoms with Gasteiger partial charge in [0.15, 0.2) is 0 Å². The number of carbonyl (C=O) groups excluding carboxylic acids is 2. The van der Waals surface area contributed by atoms with Crippen molar-refractivity contribution in [3.8, 4) is 0 Å². The minimum Gasteiger partial charge on any atom is -0.466 e. The van der Waals surface area contributed by atoms with Crippen molar-refractivity contribution in [2.45, 2.75) is 70.9 Å². The van der Waals surface area contributed by atoms with Crippen LogP contribution in [0.5, 0.6) is 0 Å². The zero-order chi connectivity index (χ0) is 21.1. The van der Waals surface area contributed by atoms with Crippen molar-refractivity contribution in [1.82, 2.24) is 5.32 Å². The summed E-state index contributed by atoms with van der Waals surface area (Å²) in [5.74, 6) is -0.0644. The summed E-state index contributed by atoms with van der Waals surface area (Å²) in [5.41, 5.74) is 2.05. The summed E-state index contributed by atoms with van der Waals surface area (Å²) in [7, 11) is 0. The topological polar surface area (TPSA) is 84.9 Å². The van der Waals surface area contributed by atoms with Gasteiger partial charge in [-0.2, -0.15) is 0 Å². The molecule has 1 aromatic rings. The van der Waals surface area contributed by atoms with Gasteiger partial charge in [0.05, 0.1) is 19.3 Å². The van der Waals surface area contributed by atoms with Crippen LogP contribution in [0, 0.1) is 5.92 Å². The Hall–Kier alpha value is -1.92. The van der Waals surface area contributed by atoms with Crippen molar-refractivity contribution in [2.24, 2.45) is 5.92 Å². The number of nitrogens with one attached hydrogen (secondary N) is 1. The smallest absolute Gasteiger partial charge is 0.323 e. The molecule has 0 heterocycles. The van der Waals surface area contributed by atoms with Gasteiger partial charge >= 0.3 is 11.9 Å². The standard InChI is InChI=1S/C23H35NO5/c1-3-28-22(26)12-11-17-7-5-8-18(15-17)16-20(23(27)29-4-2)24-14-13-21(25)19-9-6-10-19/h5,7-8,15,19-21,24-25H,3-4,6,9-14,16H2,1-2H3. The molecule has 1 saturated carbocycles. The minimum atomic E-state index is -0.455. The van der Waals surface area contributed by atoms with Crippen LogP contribution in [-0.4, -0.2) is 48.9 Å². The number of hydrogen-bond acceptors (Lipinski definition) is 6. The summed E-state index contributed by atoms with van der Waals surface area (Å²) >= 11 is 0. The summed E-state index contributed by atoms with van der Waals surface area (Å²) in [6.45, 7) is 4.89. The van der Waals surface area contributed by atoms with Gasteiger partial charge in [0, 0.05) is 6.42 Å². The molecule has 2 atom stereocenters. The Kier molecular flexibility index (Phi) is 10.2. The van der Waals surface area contributed by atoms with Crippen LogP contribution in [0.2, 0.25) is 0 Å². The highest BCUT2D eigenvalue weighted by Gasteiger charge is 2.26. The molecule has 1 fully saturated rings. The number of aliphatic hydroxyl groups excluding tert-OH is 1. The molecule has 2 rings (SSSR count). The van der Waals surface area contributed by atoms with Crippen LogP contribution >= 0.6 is 0 Å². The molecule has 0 radical (unpaired) electrons. The Labute approximate surface area is 174 Å². The van der Waals surface area contributed by atoms with E-state index in [9.17, 15) is 14.7 Å². The molecule has 1 aliphatic rings. The van der Waals surface area contributed by atoms with Crippen molar-refractivity contribution in [2.75, 3.05) is 19.8 Å². The van der Waals surface area contributed by atoms with Crippen LogP contribution in [0.15, 0.2) is 24.3 Å². The highest BCUT2D eigenvalue weighted by molar-refractivity contribution is 5.76. The molecule has 0 aromatic heterocycles. The van der Waals surface area contributed by atoms with Gasteiger partial charge in [-0.15, -0.1) is 0 Å². The first-order valence-electron chi connectivity index (χ1n) is 10.8. The van der Waals surface area contributed by atoms with Crippen molar-refractivity contribution >= 4 is 11.9 Å². The number of ether oxygens (including phenoxy) is 2. The summed E-state index contributed by atoms with van der Waals surface area (Å²) in [6, 6.07) is 7.47. The number of rotatable bonds is 13. The number of hydrogen-bond donors (Lipinski definition) is 2. The summed E-state index contributed by atoms with van der Waals surface area (Å²) in [5, 5.41) is 13.5. The maximum Gasteiger partial charge on any atom is 0.323 e. The molecular weight excluding hydrogens is 370 g/mol. The molecule has 6 nitrogen and oxygen atoms in total. The maximum absolute atomic E-state index is 12.4. The average Bonchev–Trinajstić information content (AvgIpc) is 2.65. The van der Waals surface area contributed by atoms with Crippen LogP contribution in [-0.2, 0) is 31.9 Å². The molecule has 0 amide bonds. The molecule has 6 heteroatoms. The van der Waals surface area contributed by atoms with E-state index >= 15 is 0 Å². The molecule has 1 aliphatic carbocycles. The molecule has 1 aromatic carbocycles. The molecule has 2 unspecified atom stereocenters. The van der Waals surface area contributed by atoms with E-state index in [0.29, 0.717) is 51.4 Å². The first-order chi connectivity index (χ1) is 14.0. The average molecular weight is 406 g/mol. The van der Waals surface area contributed by atoms with Crippen LogP contribution in [0.1, 0.15) is 57.1 Å². The van der Waals surface area contributed by atoms with Gasteiger partial charge in [-0.25, -0.2) is 0 Å². The third-order valence-electron chi connectivity index (χ3n) is 5.45. The largest absolute Gasteiger partial charge is 0.466 e. The number of aliphatic hydroxyl groups is 1. The fourth-order valence-corrected chi connectivity index (χ4v) is 3.57. The Morgan fingerprint density at radius 1 is 1.17 bits per heavy atom. The lowest BCUT2D eigenvalue weighted by molar-refractivity contribution is -0.145. The predicted molar refractivity (Wildman–Crippen MR) is 111 cm³/mol. The summed E-state index contributed by atoms with van der Waals surface area (Å²) in [6.07, 6.45) is 5.19. The van der Waals surface area contributed by atoms with Crippen LogP contribution in [0.3, 0.4) is 0 Å². The minimum absolute atomic E-state index is 0.200. The predicted octanol–water partition coefficient (Wildman–Crippen LogP) is 2.80. The van der Waals surface area contributed by atoms with E-state index in [-0.39, 0.29) is 18.0 Å². The fourth-order valence-electron chi connectivity index (χ4n) is 3.57. The molecule has 29 heavy (non-hydrogen) atoms. The summed E-state index contributed by atoms with van der Waals surface area (Å²) < 4.78 is 10.2. The summed E-state index contributed by atoms with van der Waals surface area (Å²) in [4.78, 5) is 24.0. The molecule has 0 saturated heterocycles. The normalized spacial score (nSPS) is 16.0. The van der Waals surface area contributed by atoms with E-state index < -0.39 is 6.04 Å². The lowest BCUT2D eigenvalue weighted by Crippen LogP contribution is -2.42. The van der Waals surface area contributed by atoms with E-state index in [2.05, 4.69) is 5.32 Å². The third kappa shape index (κ3) is 8.15. The maximum atomic E-state index is 12.4. The van der Waals surface area contributed by atoms with Crippen LogP contribution < -0.4 is 5.32 Å². The Morgan fingerprint density at radius 2 is 1.90 bits per heavy atom. The molecule has 2 N–H and O–H groups in total. The van der Waals surface area contributed by atoms with Gasteiger partial charge in [0.2, 0.25) is 0 Å². The second-order valence-corrected chi connectivity index (χ2v) is 7.63. The SMILES string of the molecule is CCOC(=O)CCc1cccc(CC(NCCC(O)C2CCC2)C(=O)OCC)c1. The molecule has 0 spiro atoms. The molecule has 0 bridgehead atoms. The van der Waals surface area contributed by atoms with E-state index in [4.69, 9.17) is 9.47 Å². The van der Waals surface area contributed by atoms with Crippen LogP contribution in [0.25, 0.3) is 0 Å². The first kappa shape index (κ1) is 23.4. The molecule has 0 aliphatic heterocycles. The Bertz CT molecular complexity index is 644. The number of aryl methyl sites for hydroxylation is 1. The number of carbonyl (C=O) groups is 2. The second kappa shape index (κ2) is 12.6. The van der Waals surface area contributed by atoms with Gasteiger partial charge < -0.3 is 19.9 Å². The van der Waals surface area contributed by atoms with Gasteiger partial charge in [0.25, 0.3) is 0 Å². The molecular formula is C23H35NO5. The Balaban J connectivity index is 1.90. The van der Waals surface area contributed by atoms with Crippen molar-refractivity contribution in [3.05, 3.63) is 35.4 Å². The third-order valence-corrected chi connectivity index (χ3v) is 5.45. The number of benzene rings is 1. The molecule has 162 valence electrons. The Morgan fingerprint density at radius 3 is 2.55 bits per heavy atom. The quantitative estimate of drug-likeness (QED) is 0.491. The highest BCUT2D eigenvalue weighted by Crippen LogP contribution is 2.30. The van der Waals surface area contributed by atoms with Gasteiger partial charge in [-0.1, -0.05) is 30.7 Å². The van der Waals surface area contributed by atoms with Crippen LogP contribution in [0.4, 0.5) is 0 Å². The number of esters is 2. The van der Waals surface area contributed by atoms with E-state index in [1.807, 2.05) is 24.3 Å². The van der Waals surface area contributed by atoms with E-state index in [1.54, 1.807) is 13.8 Å². The highest BCUT2D eigenvalue weighted by atomic mass is 16.5. The fraction of sp³-hybridized carbons (Fsp3) is 0.652. The van der Waals surface area contributed by atoms with E-state index in [1.165, 1.54) is 6.42 Å². The van der Waals surface area contributed by atoms with Gasteiger partial charge in [0.1, 0.15) is 6.04 Å². The van der Waals surface area contributed by atoms with Gasteiger partial charge in [-0.05, 0) is 69.5 Å². The lowest BCUT2D eigenvalue weighted by Gasteiger charge is -2.30. The second-order valence-electron chi connectivity index (χ2n) is 7.63. The van der Waals surface area contributed by atoms with E-state index in [0.717, 1.165) is 24.0 Å². The van der Waals surface area contributed by atoms with Gasteiger partial charge in [-0.3, -0.25) is 9.59 Å². The van der Waals surface area contributed by atoms with Crippen molar-refractivity contribution < 1.29 is 24.2 Å².